The number of benzene rings is 1. The molecule has 1 aromatic carbocycles. The Morgan fingerprint density at radius 2 is 1.94 bits per heavy atom. The first-order chi connectivity index (χ1) is 8.15. The Balaban J connectivity index is 2.42. The van der Waals surface area contributed by atoms with Crippen LogP contribution in [-0.4, -0.2) is 30.2 Å². The lowest BCUT2D eigenvalue weighted by Gasteiger charge is -2.09. The second-order valence-corrected chi connectivity index (χ2v) is 3.74. The van der Waals surface area contributed by atoms with Crippen molar-refractivity contribution in [3.05, 3.63) is 30.3 Å². The second-order valence-electron chi connectivity index (χ2n) is 3.22. The molecule has 0 amide bonds. The van der Waals surface area contributed by atoms with E-state index in [-0.39, 0.29) is 13.2 Å². The molecule has 0 aromatic heterocycles. The van der Waals surface area contributed by atoms with E-state index >= 15 is 0 Å². The van der Waals surface area contributed by atoms with E-state index in [9.17, 15) is 9.59 Å². The monoisotopic (exact) mass is 254 g/mol. The molecule has 0 fully saturated rings. The normalized spacial score (nSPS) is 11.6. The van der Waals surface area contributed by atoms with Crippen LogP contribution < -0.4 is 4.74 Å². The number of Topliss-reactive ketones (excluding diaryl/α,β-unsaturated/α-hetero) is 1. The van der Waals surface area contributed by atoms with Crippen molar-refractivity contribution < 1.29 is 19.1 Å². The van der Waals surface area contributed by atoms with Gasteiger partial charge in [0.25, 0.3) is 0 Å². The standard InChI is InChI=1S/C12H14O4S/c1-2-15-12(14)11(17)10(13)8-16-9-6-4-3-5-7-9/h3-7,11,17H,2,8H2,1H3. The summed E-state index contributed by atoms with van der Waals surface area (Å²) in [5, 5.41) is -1.08. The molecule has 0 heterocycles. The zero-order valence-electron chi connectivity index (χ0n) is 9.46. The van der Waals surface area contributed by atoms with Gasteiger partial charge in [0.15, 0.2) is 11.0 Å². The van der Waals surface area contributed by atoms with E-state index in [0.29, 0.717) is 5.75 Å². The van der Waals surface area contributed by atoms with Gasteiger partial charge in [0.1, 0.15) is 12.4 Å². The van der Waals surface area contributed by atoms with Gasteiger partial charge in [0.05, 0.1) is 6.61 Å². The SMILES string of the molecule is CCOC(=O)C(S)C(=O)COc1ccccc1. The van der Waals surface area contributed by atoms with Gasteiger partial charge in [0, 0.05) is 0 Å². The number of ether oxygens (including phenoxy) is 2. The molecule has 92 valence electrons. The van der Waals surface area contributed by atoms with E-state index in [2.05, 4.69) is 17.4 Å². The zero-order chi connectivity index (χ0) is 12.7. The number of carbonyl (C=O) groups excluding carboxylic acids is 2. The van der Waals surface area contributed by atoms with E-state index in [1.165, 1.54) is 0 Å². The third-order valence-electron chi connectivity index (χ3n) is 1.94. The lowest BCUT2D eigenvalue weighted by molar-refractivity contribution is -0.145. The molecule has 1 atom stereocenters. The summed E-state index contributed by atoms with van der Waals surface area (Å²) < 4.78 is 9.90. The average molecular weight is 254 g/mol. The number of hydrogen-bond acceptors (Lipinski definition) is 5. The van der Waals surface area contributed by atoms with E-state index in [1.54, 1.807) is 31.2 Å². The highest BCUT2D eigenvalue weighted by atomic mass is 32.1. The minimum atomic E-state index is -1.08. The van der Waals surface area contributed by atoms with E-state index < -0.39 is 17.0 Å². The first kappa shape index (κ1) is 13.6. The zero-order valence-corrected chi connectivity index (χ0v) is 10.4. The molecule has 4 nitrogen and oxygen atoms in total. The number of esters is 1. The summed E-state index contributed by atoms with van der Waals surface area (Å²) in [5.41, 5.74) is 0. The molecule has 1 rings (SSSR count). The fourth-order valence-electron chi connectivity index (χ4n) is 1.10. The molecule has 0 saturated heterocycles. The summed E-state index contributed by atoms with van der Waals surface area (Å²) in [6.07, 6.45) is 0. The summed E-state index contributed by atoms with van der Waals surface area (Å²) in [5.74, 6) is -0.488. The molecular weight excluding hydrogens is 240 g/mol. The van der Waals surface area contributed by atoms with Crippen molar-refractivity contribution in [2.45, 2.75) is 12.2 Å². The van der Waals surface area contributed by atoms with Gasteiger partial charge in [-0.05, 0) is 19.1 Å². The van der Waals surface area contributed by atoms with Crippen LogP contribution in [0.3, 0.4) is 0 Å². The fourth-order valence-corrected chi connectivity index (χ4v) is 1.25. The Labute approximate surface area is 105 Å². The summed E-state index contributed by atoms with van der Waals surface area (Å²) >= 11 is 3.90. The van der Waals surface area contributed by atoms with Crippen molar-refractivity contribution in [1.29, 1.82) is 0 Å². The number of ketones is 1. The first-order valence-electron chi connectivity index (χ1n) is 5.20. The van der Waals surface area contributed by atoms with Crippen LogP contribution in [0.25, 0.3) is 0 Å². The maximum atomic E-state index is 11.5. The van der Waals surface area contributed by atoms with Gasteiger partial charge in [-0.1, -0.05) is 18.2 Å². The largest absolute Gasteiger partial charge is 0.486 e. The lowest BCUT2D eigenvalue weighted by Crippen LogP contribution is -2.31. The van der Waals surface area contributed by atoms with Crippen molar-refractivity contribution in [3.63, 3.8) is 0 Å². The number of thiol groups is 1. The van der Waals surface area contributed by atoms with Gasteiger partial charge in [-0.2, -0.15) is 12.6 Å². The second kappa shape index (κ2) is 6.96. The number of hydrogen-bond donors (Lipinski definition) is 1. The highest BCUT2D eigenvalue weighted by Crippen LogP contribution is 2.09. The predicted molar refractivity (Wildman–Crippen MR) is 66.4 cm³/mol. The van der Waals surface area contributed by atoms with Crippen LogP contribution in [0.5, 0.6) is 5.75 Å². The van der Waals surface area contributed by atoms with Crippen LogP contribution in [0, 0.1) is 0 Å². The van der Waals surface area contributed by atoms with Crippen LogP contribution in [0.15, 0.2) is 30.3 Å². The molecule has 17 heavy (non-hydrogen) atoms. The van der Waals surface area contributed by atoms with E-state index in [4.69, 9.17) is 4.74 Å². The topological polar surface area (TPSA) is 52.6 Å². The van der Waals surface area contributed by atoms with Crippen molar-refractivity contribution in [3.8, 4) is 5.75 Å². The Morgan fingerprint density at radius 1 is 1.29 bits per heavy atom. The van der Waals surface area contributed by atoms with E-state index in [0.717, 1.165) is 0 Å². The Kier molecular flexibility index (Phi) is 5.56. The molecule has 5 heteroatoms. The average Bonchev–Trinajstić information content (AvgIpc) is 2.36. The highest BCUT2D eigenvalue weighted by molar-refractivity contribution is 7.82. The van der Waals surface area contributed by atoms with Gasteiger partial charge >= 0.3 is 5.97 Å². The minimum Gasteiger partial charge on any atom is -0.486 e. The smallest absolute Gasteiger partial charge is 0.326 e. The van der Waals surface area contributed by atoms with Crippen molar-refractivity contribution >= 4 is 24.4 Å². The molecule has 0 N–H and O–H groups in total. The molecule has 1 aromatic rings. The molecule has 0 radical (unpaired) electrons. The maximum Gasteiger partial charge on any atom is 0.326 e. The molecule has 0 bridgehead atoms. The molecule has 0 spiro atoms. The van der Waals surface area contributed by atoms with Crippen LogP contribution in [0.2, 0.25) is 0 Å². The van der Waals surface area contributed by atoms with Crippen LogP contribution in [-0.2, 0) is 14.3 Å². The molecular formula is C12H14O4S. The van der Waals surface area contributed by atoms with Crippen molar-refractivity contribution in [2.24, 2.45) is 0 Å². The molecule has 0 aliphatic heterocycles. The molecule has 0 saturated carbocycles. The minimum absolute atomic E-state index is 0.197. The Hall–Kier alpha value is -1.49. The number of para-hydroxylation sites is 1. The van der Waals surface area contributed by atoms with Gasteiger partial charge in [-0.15, -0.1) is 0 Å². The number of carbonyl (C=O) groups is 2. The summed E-state index contributed by atoms with van der Waals surface area (Å²) in [6, 6.07) is 8.89. The Morgan fingerprint density at radius 3 is 2.53 bits per heavy atom. The van der Waals surface area contributed by atoms with Gasteiger partial charge in [0.2, 0.25) is 0 Å². The van der Waals surface area contributed by atoms with Gasteiger partial charge in [-0.3, -0.25) is 9.59 Å². The summed E-state index contributed by atoms with van der Waals surface area (Å²) in [4.78, 5) is 22.8. The van der Waals surface area contributed by atoms with Gasteiger partial charge < -0.3 is 9.47 Å². The highest BCUT2D eigenvalue weighted by Gasteiger charge is 2.23. The predicted octanol–water partition coefficient (Wildman–Crippen LogP) is 1.50. The van der Waals surface area contributed by atoms with E-state index in [1.807, 2.05) is 6.07 Å². The van der Waals surface area contributed by atoms with Crippen LogP contribution in [0.1, 0.15) is 6.92 Å². The molecule has 1 unspecified atom stereocenters. The lowest BCUT2D eigenvalue weighted by atomic mass is 10.3. The van der Waals surface area contributed by atoms with Crippen LogP contribution >= 0.6 is 12.6 Å². The third-order valence-corrected chi connectivity index (χ3v) is 2.44. The first-order valence-corrected chi connectivity index (χ1v) is 5.72. The quantitative estimate of drug-likeness (QED) is 0.475. The summed E-state index contributed by atoms with van der Waals surface area (Å²) in [7, 11) is 0. The van der Waals surface area contributed by atoms with Crippen molar-refractivity contribution in [2.75, 3.05) is 13.2 Å². The third kappa shape index (κ3) is 4.48. The Bertz CT molecular complexity index is 377. The van der Waals surface area contributed by atoms with Crippen molar-refractivity contribution in [1.82, 2.24) is 0 Å². The molecule has 0 aliphatic carbocycles. The fraction of sp³-hybridized carbons (Fsp3) is 0.333. The maximum absolute atomic E-state index is 11.5. The molecule has 0 aliphatic rings. The number of rotatable bonds is 6. The van der Waals surface area contributed by atoms with Crippen LogP contribution in [0.4, 0.5) is 0 Å². The van der Waals surface area contributed by atoms with Gasteiger partial charge in [-0.25, -0.2) is 0 Å². The summed E-state index contributed by atoms with van der Waals surface area (Å²) in [6.45, 7) is 1.70.